The van der Waals surface area contributed by atoms with Crippen molar-refractivity contribution < 1.29 is 8.78 Å². The Morgan fingerprint density at radius 1 is 1.50 bits per heavy atom. The van der Waals surface area contributed by atoms with Crippen LogP contribution in [0.15, 0.2) is 0 Å². The third kappa shape index (κ3) is 2.39. The van der Waals surface area contributed by atoms with Gasteiger partial charge in [-0.05, 0) is 19.9 Å². The van der Waals surface area contributed by atoms with Crippen LogP contribution in [0, 0.1) is 5.92 Å². The van der Waals surface area contributed by atoms with Gasteiger partial charge in [-0.1, -0.05) is 0 Å². The lowest BCUT2D eigenvalue weighted by Crippen LogP contribution is -2.26. The average Bonchev–Trinajstić information content (AvgIpc) is 2.08. The molecule has 1 heterocycles. The topological polar surface area (TPSA) is 12.0 Å². The SMILES string of the molecule is CC(F)(F)[C@H]1CCNC1.Cl. The van der Waals surface area contributed by atoms with Crippen LogP contribution in [-0.2, 0) is 0 Å². The zero-order valence-electron chi connectivity index (χ0n) is 5.86. The molecule has 1 nitrogen and oxygen atoms in total. The summed E-state index contributed by atoms with van der Waals surface area (Å²) < 4.78 is 24.8. The number of rotatable bonds is 1. The lowest BCUT2D eigenvalue weighted by molar-refractivity contribution is -0.0314. The predicted molar refractivity (Wildman–Crippen MR) is 38.8 cm³/mol. The quantitative estimate of drug-likeness (QED) is 0.633. The molecule has 1 rings (SSSR count). The highest BCUT2D eigenvalue weighted by molar-refractivity contribution is 5.85. The van der Waals surface area contributed by atoms with Crippen LogP contribution >= 0.6 is 12.4 Å². The Hall–Kier alpha value is 0.110. The van der Waals surface area contributed by atoms with Gasteiger partial charge in [0.2, 0.25) is 5.92 Å². The Balaban J connectivity index is 0.000000810. The van der Waals surface area contributed by atoms with Crippen molar-refractivity contribution in [1.29, 1.82) is 0 Å². The molecule has 0 unspecified atom stereocenters. The molecule has 1 aliphatic rings. The maximum absolute atomic E-state index is 12.4. The summed E-state index contributed by atoms with van der Waals surface area (Å²) in [5, 5.41) is 2.90. The molecule has 0 aromatic heterocycles. The molecule has 0 aliphatic carbocycles. The molecule has 1 aliphatic heterocycles. The van der Waals surface area contributed by atoms with E-state index >= 15 is 0 Å². The largest absolute Gasteiger partial charge is 0.316 e. The molecule has 0 bridgehead atoms. The summed E-state index contributed by atoms with van der Waals surface area (Å²) >= 11 is 0. The van der Waals surface area contributed by atoms with Gasteiger partial charge in [0.15, 0.2) is 0 Å². The summed E-state index contributed by atoms with van der Waals surface area (Å²) in [5.41, 5.74) is 0. The van der Waals surface area contributed by atoms with Gasteiger partial charge in [-0.3, -0.25) is 0 Å². The molecule has 1 N–H and O–H groups in total. The van der Waals surface area contributed by atoms with E-state index in [-0.39, 0.29) is 12.4 Å². The second-order valence-electron chi connectivity index (χ2n) is 2.65. The fraction of sp³-hybridized carbons (Fsp3) is 1.00. The van der Waals surface area contributed by atoms with Gasteiger partial charge < -0.3 is 5.32 Å². The Kier molecular flexibility index (Phi) is 3.52. The first-order valence-corrected chi connectivity index (χ1v) is 3.19. The van der Waals surface area contributed by atoms with Crippen LogP contribution in [0.25, 0.3) is 0 Å². The van der Waals surface area contributed by atoms with E-state index < -0.39 is 11.8 Å². The van der Waals surface area contributed by atoms with Crippen molar-refractivity contribution in [3.05, 3.63) is 0 Å². The standard InChI is InChI=1S/C6H11F2N.ClH/c1-6(7,8)5-2-3-9-4-5;/h5,9H,2-4H2,1H3;1H/t5-;/m0./s1. The minimum Gasteiger partial charge on any atom is -0.316 e. The minimum atomic E-state index is -2.48. The van der Waals surface area contributed by atoms with Gasteiger partial charge in [-0.2, -0.15) is 0 Å². The van der Waals surface area contributed by atoms with Crippen LogP contribution in [0.3, 0.4) is 0 Å². The van der Waals surface area contributed by atoms with E-state index in [1.807, 2.05) is 0 Å². The summed E-state index contributed by atoms with van der Waals surface area (Å²) in [4.78, 5) is 0. The van der Waals surface area contributed by atoms with Gasteiger partial charge in [0.25, 0.3) is 0 Å². The summed E-state index contributed by atoms with van der Waals surface area (Å²) in [7, 11) is 0. The number of hydrogen-bond donors (Lipinski definition) is 1. The Morgan fingerprint density at radius 3 is 2.30 bits per heavy atom. The predicted octanol–water partition coefficient (Wildman–Crippen LogP) is 1.67. The lowest BCUT2D eigenvalue weighted by atomic mass is 10.0. The minimum absolute atomic E-state index is 0. The van der Waals surface area contributed by atoms with Crippen LogP contribution < -0.4 is 5.32 Å². The molecule has 0 saturated carbocycles. The summed E-state index contributed by atoms with van der Waals surface area (Å²) in [6.45, 7) is 2.21. The average molecular weight is 172 g/mol. The second kappa shape index (κ2) is 3.49. The van der Waals surface area contributed by atoms with Gasteiger partial charge in [0.1, 0.15) is 0 Å². The van der Waals surface area contributed by atoms with Crippen molar-refractivity contribution in [2.24, 2.45) is 5.92 Å². The Morgan fingerprint density at radius 2 is 2.10 bits per heavy atom. The molecule has 10 heavy (non-hydrogen) atoms. The fourth-order valence-electron chi connectivity index (χ4n) is 1.09. The molecule has 0 aromatic rings. The Bertz CT molecular complexity index is 96.4. The normalized spacial score (nSPS) is 26.1. The number of hydrogen-bond acceptors (Lipinski definition) is 1. The first kappa shape index (κ1) is 10.1. The first-order chi connectivity index (χ1) is 4.11. The van der Waals surface area contributed by atoms with Crippen LogP contribution in [0.4, 0.5) is 8.78 Å². The van der Waals surface area contributed by atoms with Crippen molar-refractivity contribution in [2.45, 2.75) is 19.3 Å². The van der Waals surface area contributed by atoms with E-state index in [9.17, 15) is 8.78 Å². The van der Waals surface area contributed by atoms with Crippen LogP contribution in [-0.4, -0.2) is 19.0 Å². The summed E-state index contributed by atoms with van der Waals surface area (Å²) in [6.07, 6.45) is 0.615. The molecule has 1 atom stereocenters. The van der Waals surface area contributed by atoms with Crippen LogP contribution in [0.1, 0.15) is 13.3 Å². The molecule has 0 radical (unpaired) electrons. The first-order valence-electron chi connectivity index (χ1n) is 3.19. The summed E-state index contributed by atoms with van der Waals surface area (Å²) in [6, 6.07) is 0. The van der Waals surface area contributed by atoms with E-state index in [1.165, 1.54) is 0 Å². The van der Waals surface area contributed by atoms with Crippen molar-refractivity contribution >= 4 is 12.4 Å². The zero-order chi connectivity index (χ0) is 6.91. The molecule has 0 amide bonds. The fourth-order valence-corrected chi connectivity index (χ4v) is 1.09. The van der Waals surface area contributed by atoms with Gasteiger partial charge in [0, 0.05) is 12.5 Å². The van der Waals surface area contributed by atoms with E-state index in [1.54, 1.807) is 0 Å². The second-order valence-corrected chi connectivity index (χ2v) is 2.65. The summed E-state index contributed by atoms with van der Waals surface area (Å²) in [5.74, 6) is -2.92. The van der Waals surface area contributed by atoms with Crippen molar-refractivity contribution in [2.75, 3.05) is 13.1 Å². The highest BCUT2D eigenvalue weighted by atomic mass is 35.5. The third-order valence-electron chi connectivity index (χ3n) is 1.78. The maximum Gasteiger partial charge on any atom is 0.249 e. The van der Waals surface area contributed by atoms with Gasteiger partial charge in [-0.25, -0.2) is 8.78 Å². The monoisotopic (exact) mass is 171 g/mol. The van der Waals surface area contributed by atoms with Crippen molar-refractivity contribution in [1.82, 2.24) is 5.32 Å². The Labute approximate surface area is 65.6 Å². The molecular weight excluding hydrogens is 160 g/mol. The molecular formula is C6H12ClF2N. The van der Waals surface area contributed by atoms with E-state index in [4.69, 9.17) is 0 Å². The maximum atomic E-state index is 12.4. The zero-order valence-corrected chi connectivity index (χ0v) is 6.68. The molecule has 1 fully saturated rings. The third-order valence-corrected chi connectivity index (χ3v) is 1.78. The molecule has 0 spiro atoms. The van der Waals surface area contributed by atoms with E-state index in [0.29, 0.717) is 13.0 Å². The molecule has 4 heteroatoms. The van der Waals surface area contributed by atoms with Gasteiger partial charge in [0.05, 0.1) is 0 Å². The van der Waals surface area contributed by atoms with Crippen molar-refractivity contribution in [3.8, 4) is 0 Å². The highest BCUT2D eigenvalue weighted by Gasteiger charge is 2.35. The number of halogens is 3. The van der Waals surface area contributed by atoms with Crippen molar-refractivity contribution in [3.63, 3.8) is 0 Å². The lowest BCUT2D eigenvalue weighted by Gasteiger charge is -2.16. The van der Waals surface area contributed by atoms with Gasteiger partial charge >= 0.3 is 0 Å². The van der Waals surface area contributed by atoms with Gasteiger partial charge in [-0.15, -0.1) is 12.4 Å². The molecule has 62 valence electrons. The molecule has 1 saturated heterocycles. The molecule has 0 aromatic carbocycles. The smallest absolute Gasteiger partial charge is 0.249 e. The number of alkyl halides is 2. The van der Waals surface area contributed by atoms with E-state index in [2.05, 4.69) is 5.32 Å². The van der Waals surface area contributed by atoms with Crippen LogP contribution in [0.5, 0.6) is 0 Å². The number of nitrogens with one attached hydrogen (secondary N) is 1. The van der Waals surface area contributed by atoms with E-state index in [0.717, 1.165) is 13.5 Å². The van der Waals surface area contributed by atoms with Crippen LogP contribution in [0.2, 0.25) is 0 Å². The highest BCUT2D eigenvalue weighted by Crippen LogP contribution is 2.27.